The molecule has 0 aliphatic carbocycles. The van der Waals surface area contributed by atoms with E-state index in [0.29, 0.717) is 19.5 Å². The topological polar surface area (TPSA) is 62.3 Å². The molecular weight excluding hydrogens is 354 g/mol. The Morgan fingerprint density at radius 3 is 3.00 bits per heavy atom. The Hall–Kier alpha value is -1.73. The zero-order valence-corrected chi connectivity index (χ0v) is 16.0. The average molecular weight is 378 g/mol. The maximum Gasteiger partial charge on any atom is 0.239 e. The van der Waals surface area contributed by atoms with Crippen molar-refractivity contribution in [2.75, 3.05) is 19.6 Å². The van der Waals surface area contributed by atoms with Crippen molar-refractivity contribution < 1.29 is 9.59 Å². The number of aryl methyl sites for hydroxylation is 1. The molecule has 1 aliphatic rings. The van der Waals surface area contributed by atoms with Crippen molar-refractivity contribution in [3.63, 3.8) is 0 Å². The summed E-state index contributed by atoms with van der Waals surface area (Å²) in [7, 11) is 0. The first kappa shape index (κ1) is 18.1. The van der Waals surface area contributed by atoms with Gasteiger partial charge in [0.2, 0.25) is 11.8 Å². The fourth-order valence-corrected chi connectivity index (χ4v) is 4.54. The Labute approximate surface area is 156 Å². The van der Waals surface area contributed by atoms with E-state index in [0.717, 1.165) is 36.4 Å². The Morgan fingerprint density at radius 1 is 1.32 bits per heavy atom. The predicted octanol–water partition coefficient (Wildman–Crippen LogP) is 3.24. The molecule has 1 aliphatic heterocycles. The van der Waals surface area contributed by atoms with E-state index in [2.05, 4.69) is 27.8 Å². The van der Waals surface area contributed by atoms with Gasteiger partial charge in [-0.3, -0.25) is 9.59 Å². The van der Waals surface area contributed by atoms with Crippen molar-refractivity contribution in [3.05, 3.63) is 27.4 Å². The number of thiophene rings is 1. The van der Waals surface area contributed by atoms with Crippen LogP contribution in [-0.2, 0) is 16.0 Å². The van der Waals surface area contributed by atoms with Crippen molar-refractivity contribution in [2.24, 2.45) is 0 Å². The van der Waals surface area contributed by atoms with Gasteiger partial charge in [-0.15, -0.1) is 22.7 Å². The lowest BCUT2D eigenvalue weighted by atomic mass is 10.2. The molecule has 1 N–H and O–H groups in total. The van der Waals surface area contributed by atoms with E-state index in [1.54, 1.807) is 27.6 Å². The van der Waals surface area contributed by atoms with E-state index in [1.807, 2.05) is 6.92 Å². The molecule has 5 nitrogen and oxygen atoms in total. The molecule has 0 unspecified atom stereocenters. The molecule has 2 amide bonds. The van der Waals surface area contributed by atoms with Crippen LogP contribution in [-0.4, -0.2) is 41.3 Å². The molecule has 2 aromatic heterocycles. The van der Waals surface area contributed by atoms with Gasteiger partial charge in [0, 0.05) is 29.8 Å². The third-order valence-corrected chi connectivity index (χ3v) is 6.17. The number of hydrogen-bond acceptors (Lipinski definition) is 5. The van der Waals surface area contributed by atoms with Crippen LogP contribution in [0.5, 0.6) is 0 Å². The molecule has 0 bridgehead atoms. The molecule has 0 saturated carbocycles. The molecular formula is C18H23N3O2S2. The fourth-order valence-electron chi connectivity index (χ4n) is 2.89. The largest absolute Gasteiger partial charge is 0.354 e. The van der Waals surface area contributed by atoms with Crippen LogP contribution in [0.15, 0.2) is 17.5 Å². The van der Waals surface area contributed by atoms with Crippen LogP contribution in [0.2, 0.25) is 0 Å². The number of carbonyl (C=O) groups is 2. The molecule has 7 heteroatoms. The first-order valence-electron chi connectivity index (χ1n) is 8.67. The number of hydrogen-bond donors (Lipinski definition) is 1. The quantitative estimate of drug-likeness (QED) is 0.841. The zero-order chi connectivity index (χ0) is 17.6. The van der Waals surface area contributed by atoms with Crippen LogP contribution in [0.25, 0.3) is 10.6 Å². The molecule has 134 valence electrons. The molecule has 0 aromatic carbocycles. The Morgan fingerprint density at radius 2 is 2.20 bits per heavy atom. The predicted molar refractivity (Wildman–Crippen MR) is 102 cm³/mol. The second kappa shape index (κ2) is 8.58. The maximum atomic E-state index is 12.1. The second-order valence-corrected chi connectivity index (χ2v) is 8.47. The molecule has 2 aromatic rings. The number of thiazole rings is 1. The number of nitrogens with one attached hydrogen (secondary N) is 1. The van der Waals surface area contributed by atoms with Crippen molar-refractivity contribution in [1.82, 2.24) is 15.2 Å². The van der Waals surface area contributed by atoms with Gasteiger partial charge in [0.15, 0.2) is 0 Å². The van der Waals surface area contributed by atoms with Gasteiger partial charge < -0.3 is 10.2 Å². The summed E-state index contributed by atoms with van der Waals surface area (Å²) in [6, 6.07) is 4.19. The van der Waals surface area contributed by atoms with Gasteiger partial charge in [0.1, 0.15) is 0 Å². The van der Waals surface area contributed by atoms with Crippen LogP contribution in [0, 0.1) is 6.92 Å². The summed E-state index contributed by atoms with van der Waals surface area (Å²) >= 11 is 3.37. The summed E-state index contributed by atoms with van der Waals surface area (Å²) < 4.78 is 0. The van der Waals surface area contributed by atoms with E-state index in [9.17, 15) is 9.59 Å². The third kappa shape index (κ3) is 5.12. The highest BCUT2D eigenvalue weighted by atomic mass is 32.1. The highest BCUT2D eigenvalue weighted by Gasteiger charge is 2.18. The van der Waals surface area contributed by atoms with Gasteiger partial charge in [-0.2, -0.15) is 0 Å². The molecule has 25 heavy (non-hydrogen) atoms. The lowest BCUT2D eigenvalue weighted by Crippen LogP contribution is -2.40. The molecule has 0 spiro atoms. The molecule has 0 radical (unpaired) electrons. The Balaban J connectivity index is 1.44. The standard InChI is InChI=1S/C18H23N3O2S2/c1-13-20-15(12-24-13)16-7-6-14(25-16)8-9-19-17(22)11-21-10-4-2-3-5-18(21)23/h6-7,12H,2-5,8-11H2,1H3,(H,19,22). The van der Waals surface area contributed by atoms with Crippen molar-refractivity contribution >= 4 is 34.5 Å². The first-order valence-corrected chi connectivity index (χ1v) is 10.4. The Bertz CT molecular complexity index is 738. The van der Waals surface area contributed by atoms with Crippen LogP contribution < -0.4 is 5.32 Å². The summed E-state index contributed by atoms with van der Waals surface area (Å²) in [6.07, 6.45) is 4.38. The highest BCUT2D eigenvalue weighted by molar-refractivity contribution is 7.16. The number of aromatic nitrogens is 1. The summed E-state index contributed by atoms with van der Waals surface area (Å²) in [5.74, 6) is 0.0382. The van der Waals surface area contributed by atoms with Gasteiger partial charge in [0.05, 0.1) is 22.1 Å². The number of carbonyl (C=O) groups excluding carboxylic acids is 2. The fraction of sp³-hybridized carbons (Fsp3) is 0.500. The van der Waals surface area contributed by atoms with Crippen molar-refractivity contribution in [2.45, 2.75) is 39.0 Å². The molecule has 1 saturated heterocycles. The number of likely N-dealkylation sites (tertiary alicyclic amines) is 1. The van der Waals surface area contributed by atoms with Gasteiger partial charge in [0.25, 0.3) is 0 Å². The maximum absolute atomic E-state index is 12.1. The van der Waals surface area contributed by atoms with Crippen LogP contribution in [0.1, 0.15) is 35.6 Å². The van der Waals surface area contributed by atoms with Gasteiger partial charge >= 0.3 is 0 Å². The minimum absolute atomic E-state index is 0.0674. The molecule has 1 fully saturated rings. The van der Waals surface area contributed by atoms with Gasteiger partial charge in [-0.05, 0) is 38.3 Å². The van der Waals surface area contributed by atoms with Crippen molar-refractivity contribution in [1.29, 1.82) is 0 Å². The van der Waals surface area contributed by atoms with Gasteiger partial charge in [-0.1, -0.05) is 6.42 Å². The Kier molecular flexibility index (Phi) is 6.20. The average Bonchev–Trinajstić information content (AvgIpc) is 3.17. The SMILES string of the molecule is Cc1nc(-c2ccc(CCNC(=O)CN3CCCCCC3=O)s2)cs1. The number of amides is 2. The van der Waals surface area contributed by atoms with Crippen molar-refractivity contribution in [3.8, 4) is 10.6 Å². The lowest BCUT2D eigenvalue weighted by Gasteiger charge is -2.19. The second-order valence-electron chi connectivity index (χ2n) is 6.24. The minimum atomic E-state index is -0.0674. The van der Waals surface area contributed by atoms with Crippen LogP contribution in [0.4, 0.5) is 0 Å². The third-order valence-electron chi connectivity index (χ3n) is 4.23. The van der Waals surface area contributed by atoms with E-state index < -0.39 is 0 Å². The van der Waals surface area contributed by atoms with Gasteiger partial charge in [-0.25, -0.2) is 4.98 Å². The lowest BCUT2D eigenvalue weighted by molar-refractivity contribution is -0.135. The summed E-state index contributed by atoms with van der Waals surface area (Å²) in [6.45, 7) is 3.49. The van der Waals surface area contributed by atoms with E-state index in [1.165, 1.54) is 9.75 Å². The normalized spacial score (nSPS) is 15.2. The smallest absolute Gasteiger partial charge is 0.239 e. The summed E-state index contributed by atoms with van der Waals surface area (Å²) in [4.78, 5) is 32.6. The summed E-state index contributed by atoms with van der Waals surface area (Å²) in [5.41, 5.74) is 1.03. The monoisotopic (exact) mass is 377 g/mol. The molecule has 0 atom stereocenters. The first-order chi connectivity index (χ1) is 12.1. The summed E-state index contributed by atoms with van der Waals surface area (Å²) in [5, 5.41) is 6.08. The number of nitrogens with zero attached hydrogens (tertiary/aromatic N) is 2. The van der Waals surface area contributed by atoms with Crippen LogP contribution in [0.3, 0.4) is 0 Å². The highest BCUT2D eigenvalue weighted by Crippen LogP contribution is 2.29. The van der Waals surface area contributed by atoms with E-state index in [4.69, 9.17) is 0 Å². The molecule has 3 heterocycles. The zero-order valence-electron chi connectivity index (χ0n) is 14.4. The van der Waals surface area contributed by atoms with Crippen LogP contribution >= 0.6 is 22.7 Å². The minimum Gasteiger partial charge on any atom is -0.354 e. The van der Waals surface area contributed by atoms with E-state index >= 15 is 0 Å². The number of rotatable bonds is 6. The van der Waals surface area contributed by atoms with E-state index in [-0.39, 0.29) is 18.4 Å². The molecule has 3 rings (SSSR count).